The van der Waals surface area contributed by atoms with E-state index in [4.69, 9.17) is 10.2 Å². The summed E-state index contributed by atoms with van der Waals surface area (Å²) < 4.78 is 5.28. The molecule has 0 saturated carbocycles. The highest BCUT2D eigenvalue weighted by Gasteiger charge is 2.11. The predicted octanol–water partition coefficient (Wildman–Crippen LogP) is 2.14. The Kier molecular flexibility index (Phi) is 4.96. The summed E-state index contributed by atoms with van der Waals surface area (Å²) in [4.78, 5) is 12.2. The van der Waals surface area contributed by atoms with E-state index in [9.17, 15) is 4.79 Å². The Labute approximate surface area is 119 Å². The van der Waals surface area contributed by atoms with Crippen LogP contribution in [0.25, 0.3) is 0 Å². The van der Waals surface area contributed by atoms with E-state index in [1.165, 1.54) is 0 Å². The molecule has 2 aromatic rings. The lowest BCUT2D eigenvalue weighted by molar-refractivity contribution is 0.0939. The van der Waals surface area contributed by atoms with Crippen molar-refractivity contribution in [2.75, 3.05) is 6.54 Å². The molecular formula is C16H20N2O2. The zero-order valence-corrected chi connectivity index (χ0v) is 11.6. The molecule has 1 heterocycles. The van der Waals surface area contributed by atoms with Crippen molar-refractivity contribution in [3.05, 3.63) is 59.5 Å². The number of nitrogens with one attached hydrogen (secondary N) is 1. The number of hydrogen-bond donors (Lipinski definition) is 2. The van der Waals surface area contributed by atoms with Gasteiger partial charge in [-0.2, -0.15) is 0 Å². The highest BCUT2D eigenvalue weighted by Crippen LogP contribution is 2.08. The van der Waals surface area contributed by atoms with E-state index in [0.717, 1.165) is 17.7 Å². The molecule has 20 heavy (non-hydrogen) atoms. The molecular weight excluding hydrogens is 252 g/mol. The Morgan fingerprint density at radius 1 is 1.35 bits per heavy atom. The van der Waals surface area contributed by atoms with Gasteiger partial charge in [-0.1, -0.05) is 12.1 Å². The first-order valence-electron chi connectivity index (χ1n) is 6.81. The van der Waals surface area contributed by atoms with Gasteiger partial charge in [-0.3, -0.25) is 4.79 Å². The van der Waals surface area contributed by atoms with Gasteiger partial charge in [0.25, 0.3) is 5.91 Å². The quantitative estimate of drug-likeness (QED) is 0.846. The summed E-state index contributed by atoms with van der Waals surface area (Å²) in [6, 6.07) is 11.3. The molecule has 2 rings (SSSR count). The summed E-state index contributed by atoms with van der Waals surface area (Å²) in [5.74, 6) is 0.803. The third kappa shape index (κ3) is 3.96. The van der Waals surface area contributed by atoms with Crippen LogP contribution in [-0.4, -0.2) is 18.5 Å². The number of nitrogens with two attached hydrogens (primary N) is 1. The molecule has 1 amide bonds. The number of hydrogen-bond acceptors (Lipinski definition) is 3. The minimum Gasteiger partial charge on any atom is -0.469 e. The lowest BCUT2D eigenvalue weighted by Gasteiger charge is -2.13. The predicted molar refractivity (Wildman–Crippen MR) is 78.5 cm³/mol. The first kappa shape index (κ1) is 14.3. The van der Waals surface area contributed by atoms with Crippen molar-refractivity contribution in [1.82, 2.24) is 5.32 Å². The summed E-state index contributed by atoms with van der Waals surface area (Å²) >= 11 is 0. The fourth-order valence-electron chi connectivity index (χ4n) is 2.12. The average Bonchev–Trinajstić information content (AvgIpc) is 2.92. The van der Waals surface area contributed by atoms with Gasteiger partial charge in [-0.15, -0.1) is 0 Å². The van der Waals surface area contributed by atoms with E-state index in [-0.39, 0.29) is 11.9 Å². The van der Waals surface area contributed by atoms with Crippen LogP contribution >= 0.6 is 0 Å². The Bertz CT molecular complexity index is 549. The van der Waals surface area contributed by atoms with Gasteiger partial charge in [0, 0.05) is 18.0 Å². The molecule has 1 unspecified atom stereocenters. The van der Waals surface area contributed by atoms with Crippen LogP contribution in [0, 0.1) is 0 Å². The maximum Gasteiger partial charge on any atom is 0.251 e. The summed E-state index contributed by atoms with van der Waals surface area (Å²) in [6.45, 7) is 2.55. The molecule has 106 valence electrons. The maximum absolute atomic E-state index is 12.2. The monoisotopic (exact) mass is 272 g/mol. The van der Waals surface area contributed by atoms with Crippen LogP contribution in [0.5, 0.6) is 0 Å². The van der Waals surface area contributed by atoms with Gasteiger partial charge in [0.1, 0.15) is 5.76 Å². The van der Waals surface area contributed by atoms with Gasteiger partial charge < -0.3 is 15.5 Å². The number of benzene rings is 1. The van der Waals surface area contributed by atoms with Crippen molar-refractivity contribution in [3.8, 4) is 0 Å². The van der Waals surface area contributed by atoms with Gasteiger partial charge >= 0.3 is 0 Å². The molecule has 0 spiro atoms. The van der Waals surface area contributed by atoms with Crippen LogP contribution in [0.1, 0.15) is 28.6 Å². The normalized spacial score (nSPS) is 12.1. The van der Waals surface area contributed by atoms with Crippen molar-refractivity contribution >= 4 is 5.91 Å². The van der Waals surface area contributed by atoms with E-state index < -0.39 is 0 Å². The SMILES string of the molecule is CC(Cc1ccco1)NC(=O)c1cccc(CCN)c1. The lowest BCUT2D eigenvalue weighted by atomic mass is 10.1. The first-order valence-corrected chi connectivity index (χ1v) is 6.81. The lowest BCUT2D eigenvalue weighted by Crippen LogP contribution is -2.34. The Balaban J connectivity index is 1.95. The van der Waals surface area contributed by atoms with Crippen molar-refractivity contribution in [3.63, 3.8) is 0 Å². The smallest absolute Gasteiger partial charge is 0.251 e. The zero-order chi connectivity index (χ0) is 14.4. The summed E-state index contributed by atoms with van der Waals surface area (Å²) in [5.41, 5.74) is 7.28. The van der Waals surface area contributed by atoms with E-state index in [2.05, 4.69) is 5.32 Å². The standard InChI is InChI=1S/C16H20N2O2/c1-12(10-15-6-3-9-20-15)18-16(19)14-5-2-4-13(11-14)7-8-17/h2-6,9,11-12H,7-8,10,17H2,1H3,(H,18,19). The molecule has 0 saturated heterocycles. The number of furan rings is 1. The van der Waals surface area contributed by atoms with Gasteiger partial charge in [0.2, 0.25) is 0 Å². The van der Waals surface area contributed by atoms with Crippen molar-refractivity contribution in [2.45, 2.75) is 25.8 Å². The van der Waals surface area contributed by atoms with Crippen LogP contribution in [0.15, 0.2) is 47.1 Å². The molecule has 0 fully saturated rings. The topological polar surface area (TPSA) is 68.3 Å². The number of amides is 1. The van der Waals surface area contributed by atoms with E-state index >= 15 is 0 Å². The molecule has 1 atom stereocenters. The number of carbonyl (C=O) groups is 1. The third-order valence-corrected chi connectivity index (χ3v) is 3.09. The average molecular weight is 272 g/mol. The van der Waals surface area contributed by atoms with Crippen LogP contribution < -0.4 is 11.1 Å². The fourth-order valence-corrected chi connectivity index (χ4v) is 2.12. The van der Waals surface area contributed by atoms with Crippen molar-refractivity contribution in [2.24, 2.45) is 5.73 Å². The summed E-state index contributed by atoms with van der Waals surface area (Å²) in [7, 11) is 0. The van der Waals surface area contributed by atoms with E-state index in [1.807, 2.05) is 43.3 Å². The molecule has 1 aromatic heterocycles. The van der Waals surface area contributed by atoms with Crippen LogP contribution in [0.2, 0.25) is 0 Å². The Morgan fingerprint density at radius 2 is 2.20 bits per heavy atom. The minimum absolute atomic E-state index is 0.0202. The third-order valence-electron chi connectivity index (χ3n) is 3.09. The van der Waals surface area contributed by atoms with E-state index in [1.54, 1.807) is 6.26 Å². The Hall–Kier alpha value is -2.07. The Morgan fingerprint density at radius 3 is 2.90 bits per heavy atom. The largest absolute Gasteiger partial charge is 0.469 e. The molecule has 0 radical (unpaired) electrons. The van der Waals surface area contributed by atoms with Gasteiger partial charge in [0.05, 0.1) is 6.26 Å². The molecule has 3 N–H and O–H groups in total. The highest BCUT2D eigenvalue weighted by atomic mass is 16.3. The van der Waals surface area contributed by atoms with Crippen LogP contribution in [0.3, 0.4) is 0 Å². The van der Waals surface area contributed by atoms with Crippen LogP contribution in [0.4, 0.5) is 0 Å². The van der Waals surface area contributed by atoms with E-state index in [0.29, 0.717) is 18.5 Å². The second-order valence-corrected chi connectivity index (χ2v) is 4.90. The van der Waals surface area contributed by atoms with Gasteiger partial charge in [-0.05, 0) is 49.7 Å². The van der Waals surface area contributed by atoms with Crippen molar-refractivity contribution < 1.29 is 9.21 Å². The van der Waals surface area contributed by atoms with Crippen LogP contribution in [-0.2, 0) is 12.8 Å². The molecule has 0 aliphatic carbocycles. The second kappa shape index (κ2) is 6.91. The first-order chi connectivity index (χ1) is 9.69. The maximum atomic E-state index is 12.2. The molecule has 4 heteroatoms. The molecule has 0 aliphatic heterocycles. The second-order valence-electron chi connectivity index (χ2n) is 4.90. The molecule has 1 aromatic carbocycles. The molecule has 4 nitrogen and oxygen atoms in total. The summed E-state index contributed by atoms with van der Waals surface area (Å²) in [5, 5.41) is 2.97. The number of rotatable bonds is 6. The molecule has 0 bridgehead atoms. The van der Waals surface area contributed by atoms with Gasteiger partial charge in [0.15, 0.2) is 0 Å². The van der Waals surface area contributed by atoms with Gasteiger partial charge in [-0.25, -0.2) is 0 Å². The summed E-state index contributed by atoms with van der Waals surface area (Å²) in [6.07, 6.45) is 3.10. The highest BCUT2D eigenvalue weighted by molar-refractivity contribution is 5.94. The number of carbonyl (C=O) groups excluding carboxylic acids is 1. The fraction of sp³-hybridized carbons (Fsp3) is 0.312. The van der Waals surface area contributed by atoms with Crippen molar-refractivity contribution in [1.29, 1.82) is 0 Å². The zero-order valence-electron chi connectivity index (χ0n) is 11.6. The minimum atomic E-state index is -0.0667. The molecule has 0 aliphatic rings.